The standard InChI is InChI=1S/C82H78B2N6O2/c1-9-29-55(30-10-1)85(56-31-11-2-12-32-56)63-49-71-77-73(51-63)89(61-41-21-7-22-42-61)79-65-45-25-27-47-75(65)91-81(79)83(77)67-53-68-70(54-69(67)87(71)59-37-17-5-18-38-59)88(60-39-19-6-20-40-60)72-50-64(86(57-33-13-3-14-34-57)58-35-15-4-16-36-58)52-74-78(72)84(68)82-80(66-46-26-28-48-76(66)92-82)90(74)62-43-23-8-24-44-62/h5-8,17-28,37-58H,1-4,9-16,29-36H2. The van der Waals surface area contributed by atoms with E-state index in [2.05, 4.69) is 236 Å². The molecule has 9 aromatic carbocycles. The third-order valence-electron chi connectivity index (χ3n) is 22.8. The van der Waals surface area contributed by atoms with Crippen LogP contribution < -0.4 is 62.6 Å². The molecule has 454 valence electrons. The Hall–Kier alpha value is -9.01. The van der Waals surface area contributed by atoms with Gasteiger partial charge >= 0.3 is 0 Å². The Kier molecular flexibility index (Phi) is 13.3. The van der Waals surface area contributed by atoms with Gasteiger partial charge < -0.3 is 38.2 Å². The van der Waals surface area contributed by atoms with Crippen LogP contribution in [0.15, 0.2) is 215 Å². The molecule has 6 heterocycles. The van der Waals surface area contributed by atoms with E-state index in [1.54, 1.807) is 0 Å². The summed E-state index contributed by atoms with van der Waals surface area (Å²) in [5, 5.41) is 2.26. The Morgan fingerprint density at radius 2 is 0.587 bits per heavy atom. The lowest BCUT2D eigenvalue weighted by atomic mass is 9.32. The fourth-order valence-electron chi connectivity index (χ4n) is 18.9. The zero-order valence-electron chi connectivity index (χ0n) is 52.7. The molecule has 0 N–H and O–H groups in total. The van der Waals surface area contributed by atoms with Crippen molar-refractivity contribution in [1.29, 1.82) is 0 Å². The number of anilines is 14. The van der Waals surface area contributed by atoms with Gasteiger partial charge in [-0.15, -0.1) is 0 Å². The third kappa shape index (κ3) is 8.63. The number of nitrogens with zero attached hydrogens (tertiary/aromatic N) is 6. The zero-order chi connectivity index (χ0) is 60.4. The number of furan rings is 2. The third-order valence-corrected chi connectivity index (χ3v) is 22.8. The summed E-state index contributed by atoms with van der Waals surface area (Å²) in [6.45, 7) is -0.524. The molecule has 4 aliphatic heterocycles. The summed E-state index contributed by atoms with van der Waals surface area (Å²) in [6.07, 6.45) is 25.4. The molecule has 0 saturated heterocycles. The van der Waals surface area contributed by atoms with Crippen LogP contribution in [-0.2, 0) is 0 Å². The number of fused-ring (bicyclic) bond motifs is 12. The van der Waals surface area contributed by atoms with E-state index in [0.29, 0.717) is 24.2 Å². The molecule has 8 nitrogen and oxygen atoms in total. The van der Waals surface area contributed by atoms with Gasteiger partial charge in [0.25, 0.3) is 13.4 Å². The zero-order valence-corrected chi connectivity index (χ0v) is 52.7. The molecule has 11 aromatic rings. The Bertz CT molecular complexity index is 4260. The molecule has 0 radical (unpaired) electrons. The highest BCUT2D eigenvalue weighted by Crippen LogP contribution is 2.54. The smallest absolute Gasteiger partial charge is 0.297 e. The molecule has 0 atom stereocenters. The molecule has 4 fully saturated rings. The molecule has 92 heavy (non-hydrogen) atoms. The van der Waals surface area contributed by atoms with E-state index < -0.39 is 0 Å². The highest BCUT2D eigenvalue weighted by molar-refractivity contribution is 7.02. The average Bonchev–Trinajstić information content (AvgIpc) is 1.17. The minimum absolute atomic E-state index is 0.262. The molecule has 19 rings (SSSR count). The fourth-order valence-corrected chi connectivity index (χ4v) is 18.9. The summed E-state index contributed by atoms with van der Waals surface area (Å²) in [6, 6.07) is 80.5. The van der Waals surface area contributed by atoms with Crippen molar-refractivity contribution in [2.45, 2.75) is 153 Å². The normalized spacial score (nSPS) is 18.1. The first-order valence-corrected chi connectivity index (χ1v) is 35.2. The first-order valence-electron chi connectivity index (χ1n) is 35.2. The highest BCUT2D eigenvalue weighted by atomic mass is 16.3. The van der Waals surface area contributed by atoms with Gasteiger partial charge in [-0.05, 0) is 176 Å². The molecular formula is C82H78B2N6O2. The van der Waals surface area contributed by atoms with Crippen LogP contribution in [0.3, 0.4) is 0 Å². The monoisotopic (exact) mass is 1200 g/mol. The van der Waals surface area contributed by atoms with E-state index in [1.807, 2.05) is 0 Å². The minimum Gasteiger partial charge on any atom is -0.468 e. The topological polar surface area (TPSA) is 45.7 Å². The highest BCUT2D eigenvalue weighted by Gasteiger charge is 2.52. The average molecular weight is 1200 g/mol. The molecule has 2 aromatic heterocycles. The van der Waals surface area contributed by atoms with Crippen molar-refractivity contribution in [3.63, 3.8) is 0 Å². The van der Waals surface area contributed by atoms with E-state index in [0.717, 1.165) is 67.4 Å². The molecule has 4 aliphatic carbocycles. The number of benzene rings is 9. The summed E-state index contributed by atoms with van der Waals surface area (Å²) in [7, 11) is 0. The van der Waals surface area contributed by atoms with Crippen LogP contribution in [-0.4, -0.2) is 37.6 Å². The van der Waals surface area contributed by atoms with Gasteiger partial charge in [-0.3, -0.25) is 0 Å². The molecule has 10 heteroatoms. The van der Waals surface area contributed by atoms with E-state index in [-0.39, 0.29) is 13.4 Å². The van der Waals surface area contributed by atoms with Crippen molar-refractivity contribution >= 4 is 148 Å². The van der Waals surface area contributed by atoms with Crippen LogP contribution >= 0.6 is 0 Å². The van der Waals surface area contributed by atoms with Gasteiger partial charge in [-0.25, -0.2) is 0 Å². The van der Waals surface area contributed by atoms with Crippen LogP contribution in [0.25, 0.3) is 21.9 Å². The maximum Gasteiger partial charge on any atom is 0.297 e. The van der Waals surface area contributed by atoms with E-state index in [4.69, 9.17) is 8.83 Å². The summed E-state index contributed by atoms with van der Waals surface area (Å²) < 4.78 is 15.2. The van der Waals surface area contributed by atoms with Crippen molar-refractivity contribution in [2.24, 2.45) is 0 Å². The van der Waals surface area contributed by atoms with Crippen LogP contribution in [0.4, 0.5) is 79.6 Å². The van der Waals surface area contributed by atoms with Crippen molar-refractivity contribution < 1.29 is 8.83 Å². The molecule has 0 bridgehead atoms. The number of para-hydroxylation sites is 6. The quantitative estimate of drug-likeness (QED) is 0.126. The molecule has 0 amide bonds. The summed E-state index contributed by atoms with van der Waals surface area (Å²) in [4.78, 5) is 16.5. The van der Waals surface area contributed by atoms with Gasteiger partial charge in [0.2, 0.25) is 0 Å². The maximum atomic E-state index is 7.62. The van der Waals surface area contributed by atoms with E-state index >= 15 is 0 Å². The van der Waals surface area contributed by atoms with Gasteiger partial charge in [0.1, 0.15) is 11.2 Å². The minimum atomic E-state index is -0.262. The SMILES string of the molecule is c1ccc(N2c3cc4c(cc3B3c5oc6ccccc6c5N(c5ccccc5)c5cc(N(C6CCCCC6)C6CCCCC6)cc2c53)B2c3oc5ccccc5c3N(c3ccccc3)c3cc(N(C5CCCCC5)C5CCCCC5)cc(c32)N4c2ccccc2)cc1. The van der Waals surface area contributed by atoms with Crippen molar-refractivity contribution in [3.8, 4) is 0 Å². The van der Waals surface area contributed by atoms with Gasteiger partial charge in [-0.2, -0.15) is 0 Å². The lowest BCUT2D eigenvalue weighted by Crippen LogP contribution is -2.65. The lowest BCUT2D eigenvalue weighted by molar-refractivity contribution is 0.340. The second kappa shape index (κ2) is 22.4. The van der Waals surface area contributed by atoms with Crippen LogP contribution in [0.2, 0.25) is 0 Å². The fraction of sp³-hybridized carbons (Fsp3) is 0.293. The number of hydrogen-bond donors (Lipinski definition) is 0. The van der Waals surface area contributed by atoms with Gasteiger partial charge in [0, 0.05) is 103 Å². The van der Waals surface area contributed by atoms with Gasteiger partial charge in [0.15, 0.2) is 0 Å². The first-order chi connectivity index (χ1) is 45.7. The second-order valence-corrected chi connectivity index (χ2v) is 27.9. The Morgan fingerprint density at radius 1 is 0.293 bits per heavy atom. The number of rotatable bonds is 10. The molecule has 0 spiro atoms. The van der Waals surface area contributed by atoms with Crippen molar-refractivity contribution in [1.82, 2.24) is 0 Å². The van der Waals surface area contributed by atoms with Crippen LogP contribution in [0, 0.1) is 0 Å². The predicted octanol–water partition coefficient (Wildman–Crippen LogP) is 18.3. The summed E-state index contributed by atoms with van der Waals surface area (Å²) in [5.41, 5.74) is 25.6. The van der Waals surface area contributed by atoms with Crippen molar-refractivity contribution in [3.05, 3.63) is 206 Å². The maximum absolute atomic E-state index is 7.62. The predicted molar refractivity (Wildman–Crippen MR) is 386 cm³/mol. The molecule has 8 aliphatic rings. The molecular weight excluding hydrogens is 1120 g/mol. The molecule has 4 saturated carbocycles. The second-order valence-electron chi connectivity index (χ2n) is 27.9. The van der Waals surface area contributed by atoms with Gasteiger partial charge in [-0.1, -0.05) is 180 Å². The van der Waals surface area contributed by atoms with Crippen LogP contribution in [0.1, 0.15) is 128 Å². The van der Waals surface area contributed by atoms with Crippen molar-refractivity contribution in [2.75, 3.05) is 29.4 Å². The summed E-state index contributed by atoms with van der Waals surface area (Å²) in [5.74, 6) is 0. The van der Waals surface area contributed by atoms with E-state index in [1.165, 1.54) is 196 Å². The van der Waals surface area contributed by atoms with Gasteiger partial charge in [0.05, 0.1) is 22.7 Å². The van der Waals surface area contributed by atoms with E-state index in [9.17, 15) is 0 Å². The Morgan fingerprint density at radius 3 is 0.924 bits per heavy atom. The van der Waals surface area contributed by atoms with Crippen LogP contribution in [0.5, 0.6) is 0 Å². The molecule has 0 unspecified atom stereocenters. The Balaban J connectivity index is 0.934. The first kappa shape index (κ1) is 54.7. The largest absolute Gasteiger partial charge is 0.468 e. The summed E-state index contributed by atoms with van der Waals surface area (Å²) >= 11 is 0. The lowest BCUT2D eigenvalue weighted by Gasteiger charge is -2.48. The Labute approximate surface area is 542 Å². The number of hydrogen-bond acceptors (Lipinski definition) is 8.